The highest BCUT2D eigenvalue weighted by molar-refractivity contribution is 7.09. The van der Waals surface area contributed by atoms with Crippen molar-refractivity contribution >= 4 is 11.3 Å². The molecule has 0 aliphatic rings. The molecule has 1 N–H and O–H groups in total. The molecule has 106 valence electrons. The summed E-state index contributed by atoms with van der Waals surface area (Å²) in [6, 6.07) is 8.00. The van der Waals surface area contributed by atoms with Crippen LogP contribution in [-0.2, 0) is 13.0 Å². The van der Waals surface area contributed by atoms with E-state index in [1.165, 1.54) is 5.56 Å². The molecule has 0 spiro atoms. The van der Waals surface area contributed by atoms with Crippen molar-refractivity contribution in [1.82, 2.24) is 20.3 Å². The summed E-state index contributed by atoms with van der Waals surface area (Å²) in [7, 11) is 0. The van der Waals surface area contributed by atoms with Crippen LogP contribution in [0, 0.1) is 0 Å². The quantitative estimate of drug-likeness (QED) is 0.711. The molecule has 3 rings (SSSR count). The number of pyridine rings is 2. The van der Waals surface area contributed by atoms with E-state index in [0.717, 1.165) is 35.8 Å². The number of rotatable bonds is 6. The largest absolute Gasteiger partial charge is 0.312 e. The van der Waals surface area contributed by atoms with Crippen molar-refractivity contribution in [1.29, 1.82) is 0 Å². The first-order valence-electron chi connectivity index (χ1n) is 6.86. The average molecular weight is 296 g/mol. The molecule has 0 unspecified atom stereocenters. The lowest BCUT2D eigenvalue weighted by Gasteiger charge is -2.02. The van der Waals surface area contributed by atoms with Crippen LogP contribution >= 0.6 is 11.3 Å². The molecule has 4 nitrogen and oxygen atoms in total. The normalized spacial score (nSPS) is 10.7. The third kappa shape index (κ3) is 3.93. The van der Waals surface area contributed by atoms with Gasteiger partial charge in [-0.2, -0.15) is 0 Å². The third-order valence-electron chi connectivity index (χ3n) is 3.10. The van der Waals surface area contributed by atoms with Gasteiger partial charge in [-0.1, -0.05) is 6.07 Å². The zero-order valence-corrected chi connectivity index (χ0v) is 12.4. The van der Waals surface area contributed by atoms with Crippen molar-refractivity contribution in [2.45, 2.75) is 13.0 Å². The number of hydrogen-bond acceptors (Lipinski definition) is 5. The molecule has 0 bridgehead atoms. The van der Waals surface area contributed by atoms with Crippen LogP contribution in [0.4, 0.5) is 0 Å². The Balaban J connectivity index is 1.49. The molecular weight excluding hydrogens is 280 g/mol. The molecule has 0 amide bonds. The molecule has 0 atom stereocenters. The molecule has 3 aromatic rings. The van der Waals surface area contributed by atoms with Crippen LogP contribution < -0.4 is 5.32 Å². The minimum Gasteiger partial charge on any atom is -0.312 e. The number of aromatic nitrogens is 3. The molecule has 0 aliphatic heterocycles. The van der Waals surface area contributed by atoms with Gasteiger partial charge in [0.15, 0.2) is 0 Å². The number of nitrogens with one attached hydrogen (secondary N) is 1. The van der Waals surface area contributed by atoms with Crippen LogP contribution in [0.2, 0.25) is 0 Å². The second-order valence-electron chi connectivity index (χ2n) is 4.65. The molecule has 0 radical (unpaired) electrons. The van der Waals surface area contributed by atoms with Gasteiger partial charge in [-0.05, 0) is 23.8 Å². The number of nitrogens with zero attached hydrogens (tertiary/aromatic N) is 3. The van der Waals surface area contributed by atoms with Crippen molar-refractivity contribution in [2.75, 3.05) is 6.54 Å². The van der Waals surface area contributed by atoms with Crippen LogP contribution in [0.3, 0.4) is 0 Å². The molecule has 0 saturated heterocycles. The first-order chi connectivity index (χ1) is 10.4. The standard InChI is InChI=1S/C16H16N4S/c1-2-13(10-18-6-1)11-19-9-5-16-20-15(12-21-16)14-3-7-17-8-4-14/h1-4,6-8,10,12,19H,5,9,11H2. The SMILES string of the molecule is c1cncc(CNCCc2nc(-c3ccncc3)cs2)c1. The fraction of sp³-hybridized carbons (Fsp3) is 0.188. The first-order valence-corrected chi connectivity index (χ1v) is 7.74. The lowest BCUT2D eigenvalue weighted by atomic mass is 10.2. The van der Waals surface area contributed by atoms with Crippen LogP contribution in [0.1, 0.15) is 10.6 Å². The summed E-state index contributed by atoms with van der Waals surface area (Å²) < 4.78 is 0. The van der Waals surface area contributed by atoms with Crippen molar-refractivity contribution in [3.8, 4) is 11.3 Å². The van der Waals surface area contributed by atoms with E-state index in [-0.39, 0.29) is 0 Å². The summed E-state index contributed by atoms with van der Waals surface area (Å²) in [5.74, 6) is 0. The van der Waals surface area contributed by atoms with E-state index in [9.17, 15) is 0 Å². The Kier molecular flexibility index (Phi) is 4.66. The topological polar surface area (TPSA) is 50.7 Å². The van der Waals surface area contributed by atoms with Gasteiger partial charge in [0.1, 0.15) is 0 Å². The maximum atomic E-state index is 4.66. The Morgan fingerprint density at radius 3 is 2.76 bits per heavy atom. The maximum Gasteiger partial charge on any atom is 0.0945 e. The lowest BCUT2D eigenvalue weighted by Crippen LogP contribution is -2.16. The van der Waals surface area contributed by atoms with Gasteiger partial charge in [0, 0.05) is 55.2 Å². The van der Waals surface area contributed by atoms with Gasteiger partial charge in [0.2, 0.25) is 0 Å². The molecule has 3 aromatic heterocycles. The fourth-order valence-electron chi connectivity index (χ4n) is 2.01. The highest BCUT2D eigenvalue weighted by Crippen LogP contribution is 2.21. The van der Waals surface area contributed by atoms with Crippen LogP contribution in [0.5, 0.6) is 0 Å². The molecule has 0 aliphatic carbocycles. The van der Waals surface area contributed by atoms with E-state index >= 15 is 0 Å². The third-order valence-corrected chi connectivity index (χ3v) is 4.00. The Morgan fingerprint density at radius 2 is 1.95 bits per heavy atom. The first kappa shape index (κ1) is 13.9. The van der Waals surface area contributed by atoms with Gasteiger partial charge in [0.05, 0.1) is 10.7 Å². The number of thiazole rings is 1. The Morgan fingerprint density at radius 1 is 1.05 bits per heavy atom. The smallest absolute Gasteiger partial charge is 0.0945 e. The molecular formula is C16H16N4S. The second-order valence-corrected chi connectivity index (χ2v) is 5.59. The van der Waals surface area contributed by atoms with Crippen molar-refractivity contribution < 1.29 is 0 Å². The summed E-state index contributed by atoms with van der Waals surface area (Å²) in [6.45, 7) is 1.76. The van der Waals surface area contributed by atoms with Gasteiger partial charge >= 0.3 is 0 Å². The van der Waals surface area contributed by atoms with Crippen LogP contribution in [0.15, 0.2) is 54.4 Å². The van der Waals surface area contributed by atoms with E-state index < -0.39 is 0 Å². The summed E-state index contributed by atoms with van der Waals surface area (Å²) in [5, 5.41) is 6.67. The predicted octanol–water partition coefficient (Wildman–Crippen LogP) is 2.93. The molecule has 0 saturated carbocycles. The summed E-state index contributed by atoms with van der Waals surface area (Å²) in [4.78, 5) is 12.8. The minimum absolute atomic E-state index is 0.844. The highest BCUT2D eigenvalue weighted by Gasteiger charge is 2.04. The Labute approximate surface area is 127 Å². The molecule has 0 aromatic carbocycles. The highest BCUT2D eigenvalue weighted by atomic mass is 32.1. The van der Waals surface area contributed by atoms with Gasteiger partial charge < -0.3 is 5.32 Å². The molecule has 21 heavy (non-hydrogen) atoms. The van der Waals surface area contributed by atoms with Gasteiger partial charge in [-0.3, -0.25) is 9.97 Å². The maximum absolute atomic E-state index is 4.66. The van der Waals surface area contributed by atoms with Crippen LogP contribution in [-0.4, -0.2) is 21.5 Å². The lowest BCUT2D eigenvalue weighted by molar-refractivity contribution is 0.684. The monoisotopic (exact) mass is 296 g/mol. The zero-order chi connectivity index (χ0) is 14.3. The van der Waals surface area contributed by atoms with Gasteiger partial charge in [-0.25, -0.2) is 4.98 Å². The van der Waals surface area contributed by atoms with Crippen LogP contribution in [0.25, 0.3) is 11.3 Å². The molecule has 3 heterocycles. The Bertz CT molecular complexity index is 667. The average Bonchev–Trinajstić information content (AvgIpc) is 3.02. The van der Waals surface area contributed by atoms with E-state index in [2.05, 4.69) is 31.7 Å². The predicted molar refractivity (Wildman–Crippen MR) is 85.0 cm³/mol. The van der Waals surface area contributed by atoms with Gasteiger partial charge in [-0.15, -0.1) is 11.3 Å². The number of hydrogen-bond donors (Lipinski definition) is 1. The zero-order valence-electron chi connectivity index (χ0n) is 11.6. The fourth-order valence-corrected chi connectivity index (χ4v) is 2.82. The van der Waals surface area contributed by atoms with Gasteiger partial charge in [0.25, 0.3) is 0 Å². The second kappa shape index (κ2) is 7.06. The van der Waals surface area contributed by atoms with E-state index in [4.69, 9.17) is 0 Å². The minimum atomic E-state index is 0.844. The van der Waals surface area contributed by atoms with E-state index in [0.29, 0.717) is 0 Å². The van der Waals surface area contributed by atoms with Crippen molar-refractivity contribution in [3.05, 3.63) is 65.0 Å². The summed E-state index contributed by atoms with van der Waals surface area (Å²) in [5.41, 5.74) is 3.36. The van der Waals surface area contributed by atoms with E-state index in [1.54, 1.807) is 29.9 Å². The molecule has 5 heteroatoms. The summed E-state index contributed by atoms with van der Waals surface area (Å²) >= 11 is 1.71. The van der Waals surface area contributed by atoms with Crippen molar-refractivity contribution in [2.24, 2.45) is 0 Å². The molecule has 0 fully saturated rings. The Hall–Kier alpha value is -2.11. The van der Waals surface area contributed by atoms with Crippen molar-refractivity contribution in [3.63, 3.8) is 0 Å². The van der Waals surface area contributed by atoms with E-state index in [1.807, 2.05) is 24.4 Å². The summed E-state index contributed by atoms with van der Waals surface area (Å²) in [6.07, 6.45) is 8.21.